The Morgan fingerprint density at radius 1 is 1.05 bits per heavy atom. The van der Waals surface area contributed by atoms with Crippen molar-refractivity contribution in [2.75, 3.05) is 26.2 Å². The molecule has 0 amide bonds. The molecular formula is C11H17F3N2O4S. The fourth-order valence-corrected chi connectivity index (χ4v) is 4.51. The molecule has 6 nitrogen and oxygen atoms in total. The summed E-state index contributed by atoms with van der Waals surface area (Å²) in [5.41, 5.74) is -3.00. The molecule has 0 saturated carbocycles. The summed E-state index contributed by atoms with van der Waals surface area (Å²) in [6.45, 7) is -0.939. The molecule has 1 atom stereocenters. The van der Waals surface area contributed by atoms with Crippen LogP contribution in [-0.2, 0) is 15.0 Å². The van der Waals surface area contributed by atoms with Crippen LogP contribution in [-0.4, -0.2) is 60.5 Å². The second kappa shape index (κ2) is 5.40. The van der Waals surface area contributed by atoms with E-state index < -0.39 is 47.3 Å². The SMILES string of the molecule is O=C(O)C1(C(F)(F)F)CCN(S(=O)(=O)N2CCCCC2)C1. The third-order valence-electron chi connectivity index (χ3n) is 4.15. The highest BCUT2D eigenvalue weighted by atomic mass is 32.2. The van der Waals surface area contributed by atoms with Crippen LogP contribution < -0.4 is 0 Å². The summed E-state index contributed by atoms with van der Waals surface area (Å²) in [5.74, 6) is -2.02. The number of nitrogens with zero attached hydrogens (tertiary/aromatic N) is 2. The van der Waals surface area contributed by atoms with Gasteiger partial charge in [0.15, 0.2) is 5.41 Å². The summed E-state index contributed by atoms with van der Waals surface area (Å²) >= 11 is 0. The fourth-order valence-electron chi connectivity index (χ4n) is 2.76. The molecular weight excluding hydrogens is 313 g/mol. The lowest BCUT2D eigenvalue weighted by molar-refractivity contribution is -0.226. The number of rotatable bonds is 3. The van der Waals surface area contributed by atoms with Crippen molar-refractivity contribution in [1.82, 2.24) is 8.61 Å². The molecule has 2 fully saturated rings. The molecule has 2 saturated heterocycles. The minimum absolute atomic E-state index is 0.269. The van der Waals surface area contributed by atoms with Crippen molar-refractivity contribution in [3.8, 4) is 0 Å². The van der Waals surface area contributed by atoms with E-state index in [2.05, 4.69) is 0 Å². The van der Waals surface area contributed by atoms with Crippen LogP contribution in [0.15, 0.2) is 0 Å². The first-order chi connectivity index (χ1) is 9.61. The maximum atomic E-state index is 13.1. The topological polar surface area (TPSA) is 77.9 Å². The molecule has 2 aliphatic rings. The molecule has 1 unspecified atom stereocenters. The average Bonchev–Trinajstić information content (AvgIpc) is 2.86. The smallest absolute Gasteiger partial charge is 0.406 e. The Labute approximate surface area is 120 Å². The predicted octanol–water partition coefficient (Wildman–Crippen LogP) is 1.06. The van der Waals surface area contributed by atoms with Gasteiger partial charge in [-0.15, -0.1) is 0 Å². The third kappa shape index (κ3) is 2.76. The number of piperidine rings is 1. The second-order valence-electron chi connectivity index (χ2n) is 5.44. The van der Waals surface area contributed by atoms with Crippen LogP contribution in [0, 0.1) is 5.41 Å². The van der Waals surface area contributed by atoms with Crippen LogP contribution in [0.25, 0.3) is 0 Å². The molecule has 2 rings (SSSR count). The van der Waals surface area contributed by atoms with Crippen LogP contribution in [0.1, 0.15) is 25.7 Å². The summed E-state index contributed by atoms with van der Waals surface area (Å²) in [4.78, 5) is 11.1. The van der Waals surface area contributed by atoms with E-state index in [0.29, 0.717) is 17.1 Å². The average molecular weight is 330 g/mol. The molecule has 0 bridgehead atoms. The molecule has 0 aromatic carbocycles. The molecule has 21 heavy (non-hydrogen) atoms. The van der Waals surface area contributed by atoms with Gasteiger partial charge in [-0.3, -0.25) is 4.79 Å². The van der Waals surface area contributed by atoms with Gasteiger partial charge >= 0.3 is 12.1 Å². The van der Waals surface area contributed by atoms with Gasteiger partial charge < -0.3 is 5.11 Å². The summed E-state index contributed by atoms with van der Waals surface area (Å²) in [6.07, 6.45) is -3.52. The number of carboxylic acids is 1. The highest BCUT2D eigenvalue weighted by molar-refractivity contribution is 7.86. The first-order valence-electron chi connectivity index (χ1n) is 6.67. The summed E-state index contributed by atoms with van der Waals surface area (Å²) in [6, 6.07) is 0. The van der Waals surface area contributed by atoms with Gasteiger partial charge in [-0.05, 0) is 19.3 Å². The number of hydrogen-bond acceptors (Lipinski definition) is 3. The first-order valence-corrected chi connectivity index (χ1v) is 8.06. The third-order valence-corrected chi connectivity index (χ3v) is 6.14. The Hall–Kier alpha value is -0.870. The van der Waals surface area contributed by atoms with Crippen molar-refractivity contribution >= 4 is 16.2 Å². The maximum absolute atomic E-state index is 13.1. The Morgan fingerprint density at radius 3 is 2.05 bits per heavy atom. The Bertz CT molecular complexity index is 516. The predicted molar refractivity (Wildman–Crippen MR) is 66.7 cm³/mol. The summed E-state index contributed by atoms with van der Waals surface area (Å²) in [7, 11) is -4.02. The molecule has 0 spiro atoms. The highest BCUT2D eigenvalue weighted by Gasteiger charge is 2.65. The van der Waals surface area contributed by atoms with Gasteiger partial charge in [-0.25, -0.2) is 0 Å². The number of carbonyl (C=O) groups is 1. The van der Waals surface area contributed by atoms with Crippen molar-refractivity contribution in [2.45, 2.75) is 31.9 Å². The lowest BCUT2D eigenvalue weighted by Crippen LogP contribution is -2.50. The van der Waals surface area contributed by atoms with Crippen LogP contribution in [0.2, 0.25) is 0 Å². The van der Waals surface area contributed by atoms with E-state index in [1.54, 1.807) is 0 Å². The zero-order valence-corrected chi connectivity index (χ0v) is 12.1. The van der Waals surface area contributed by atoms with Gasteiger partial charge in [0.2, 0.25) is 0 Å². The monoisotopic (exact) mass is 330 g/mol. The molecule has 0 aliphatic carbocycles. The lowest BCUT2D eigenvalue weighted by atomic mass is 9.86. The molecule has 0 aromatic rings. The number of carboxylic acid groups (broad SMARTS) is 1. The first kappa shape index (κ1) is 16.5. The highest BCUT2D eigenvalue weighted by Crippen LogP contribution is 2.46. The maximum Gasteiger partial charge on any atom is 0.406 e. The van der Waals surface area contributed by atoms with Gasteiger partial charge in [-0.2, -0.15) is 30.2 Å². The van der Waals surface area contributed by atoms with Gasteiger partial charge in [0.1, 0.15) is 0 Å². The zero-order valence-electron chi connectivity index (χ0n) is 11.3. The zero-order chi connectivity index (χ0) is 15.9. The Balaban J connectivity index is 2.22. The standard InChI is InChI=1S/C11H17F3N2O4S/c12-11(13,14)10(9(17)18)4-7-16(8-10)21(19,20)15-5-2-1-3-6-15/h1-8H2,(H,17,18). The number of hydrogen-bond donors (Lipinski definition) is 1. The number of alkyl halides is 3. The molecule has 10 heteroatoms. The van der Waals surface area contributed by atoms with E-state index in [9.17, 15) is 26.4 Å². The van der Waals surface area contributed by atoms with E-state index in [1.807, 2.05) is 0 Å². The van der Waals surface area contributed by atoms with E-state index in [0.717, 1.165) is 10.7 Å². The van der Waals surface area contributed by atoms with Crippen LogP contribution in [0.3, 0.4) is 0 Å². The van der Waals surface area contributed by atoms with Crippen LogP contribution in [0.5, 0.6) is 0 Å². The summed E-state index contributed by atoms with van der Waals surface area (Å²) < 4.78 is 65.6. The minimum atomic E-state index is -4.98. The molecule has 2 aliphatic heterocycles. The van der Waals surface area contributed by atoms with Crippen molar-refractivity contribution in [1.29, 1.82) is 0 Å². The fraction of sp³-hybridized carbons (Fsp3) is 0.909. The van der Waals surface area contributed by atoms with Crippen LogP contribution >= 0.6 is 0 Å². The normalized spacial score (nSPS) is 29.7. The Kier molecular flexibility index (Phi) is 4.24. The largest absolute Gasteiger partial charge is 0.481 e. The van der Waals surface area contributed by atoms with E-state index >= 15 is 0 Å². The van der Waals surface area contributed by atoms with Crippen LogP contribution in [0.4, 0.5) is 13.2 Å². The second-order valence-corrected chi connectivity index (χ2v) is 7.36. The van der Waals surface area contributed by atoms with Crippen molar-refractivity contribution in [3.63, 3.8) is 0 Å². The number of halogens is 3. The van der Waals surface area contributed by atoms with Crippen molar-refractivity contribution < 1.29 is 31.5 Å². The van der Waals surface area contributed by atoms with E-state index in [-0.39, 0.29) is 13.1 Å². The lowest BCUT2D eigenvalue weighted by Gasteiger charge is -2.31. The van der Waals surface area contributed by atoms with E-state index in [4.69, 9.17) is 5.11 Å². The van der Waals surface area contributed by atoms with Gasteiger partial charge in [0, 0.05) is 26.2 Å². The van der Waals surface area contributed by atoms with E-state index in [1.165, 1.54) is 0 Å². The Morgan fingerprint density at radius 2 is 1.62 bits per heavy atom. The molecule has 1 N–H and O–H groups in total. The molecule has 0 radical (unpaired) electrons. The van der Waals surface area contributed by atoms with Gasteiger partial charge in [0.25, 0.3) is 10.2 Å². The quantitative estimate of drug-likeness (QED) is 0.839. The molecule has 0 aromatic heterocycles. The minimum Gasteiger partial charge on any atom is -0.481 e. The van der Waals surface area contributed by atoms with Gasteiger partial charge in [-0.1, -0.05) is 6.42 Å². The molecule has 122 valence electrons. The molecule has 2 heterocycles. The number of aliphatic carboxylic acids is 1. The summed E-state index contributed by atoms with van der Waals surface area (Å²) in [5, 5.41) is 8.94. The van der Waals surface area contributed by atoms with Crippen molar-refractivity contribution in [2.24, 2.45) is 5.41 Å². The van der Waals surface area contributed by atoms with Crippen molar-refractivity contribution in [3.05, 3.63) is 0 Å². The van der Waals surface area contributed by atoms with Gasteiger partial charge in [0.05, 0.1) is 0 Å².